The Bertz CT molecular complexity index is 553. The normalized spacial score (nSPS) is 22.3. The minimum atomic E-state index is 0.274. The molecule has 0 aliphatic carbocycles. The number of aliphatic imine (C=N–C) groups is 1. The van der Waals surface area contributed by atoms with Crippen LogP contribution in [0.3, 0.4) is 0 Å². The standard InChI is InChI=1S/C20H36N6/c1-21-19(25(3)16-18-8-7-11-22-18)23-17-20(9-14-24(2)15-10-20)26-12-5-4-6-13-26/h7-8,11,22H,4-6,9-10,12-17H2,1-3H3,(H,21,23). The molecule has 146 valence electrons. The van der Waals surface area contributed by atoms with Crippen molar-refractivity contribution >= 4 is 5.96 Å². The molecule has 2 fully saturated rings. The quantitative estimate of drug-likeness (QED) is 0.623. The zero-order chi connectivity index (χ0) is 18.4. The number of piperidine rings is 2. The summed E-state index contributed by atoms with van der Waals surface area (Å²) in [4.78, 5) is 15.2. The van der Waals surface area contributed by atoms with E-state index < -0.39 is 0 Å². The largest absolute Gasteiger partial charge is 0.364 e. The highest BCUT2D eigenvalue weighted by atomic mass is 15.3. The second-order valence-corrected chi connectivity index (χ2v) is 8.03. The number of rotatable bonds is 5. The second-order valence-electron chi connectivity index (χ2n) is 8.03. The van der Waals surface area contributed by atoms with E-state index in [4.69, 9.17) is 0 Å². The first kappa shape index (κ1) is 19.2. The lowest BCUT2D eigenvalue weighted by molar-refractivity contribution is 0.0170. The zero-order valence-corrected chi connectivity index (χ0v) is 16.8. The van der Waals surface area contributed by atoms with E-state index in [0.717, 1.165) is 19.0 Å². The van der Waals surface area contributed by atoms with Gasteiger partial charge in [-0.05, 0) is 71.0 Å². The number of hydrogen-bond donors (Lipinski definition) is 2. The predicted octanol–water partition coefficient (Wildman–Crippen LogP) is 1.97. The average molecular weight is 361 g/mol. The van der Waals surface area contributed by atoms with Gasteiger partial charge in [0.05, 0.1) is 6.54 Å². The van der Waals surface area contributed by atoms with Crippen molar-refractivity contribution < 1.29 is 0 Å². The number of aromatic nitrogens is 1. The van der Waals surface area contributed by atoms with Crippen molar-refractivity contribution in [3.63, 3.8) is 0 Å². The maximum absolute atomic E-state index is 4.53. The highest BCUT2D eigenvalue weighted by molar-refractivity contribution is 5.79. The molecule has 3 rings (SSSR count). The smallest absolute Gasteiger partial charge is 0.193 e. The van der Waals surface area contributed by atoms with Gasteiger partial charge in [0.2, 0.25) is 0 Å². The van der Waals surface area contributed by atoms with Crippen molar-refractivity contribution in [3.8, 4) is 0 Å². The Labute approximate surface area is 158 Å². The Morgan fingerprint density at radius 2 is 1.96 bits per heavy atom. The minimum Gasteiger partial charge on any atom is -0.364 e. The third kappa shape index (κ3) is 4.60. The summed E-state index contributed by atoms with van der Waals surface area (Å²) in [5.41, 5.74) is 1.48. The van der Waals surface area contributed by atoms with Crippen LogP contribution in [0, 0.1) is 0 Å². The first-order chi connectivity index (χ1) is 12.6. The van der Waals surface area contributed by atoms with E-state index in [1.807, 2.05) is 19.3 Å². The van der Waals surface area contributed by atoms with Crippen molar-refractivity contribution in [1.82, 2.24) is 25.0 Å². The summed E-state index contributed by atoms with van der Waals surface area (Å²) in [6, 6.07) is 4.17. The summed E-state index contributed by atoms with van der Waals surface area (Å²) < 4.78 is 0. The number of guanidine groups is 1. The van der Waals surface area contributed by atoms with Crippen molar-refractivity contribution in [2.24, 2.45) is 4.99 Å². The van der Waals surface area contributed by atoms with Crippen LogP contribution in [0.1, 0.15) is 37.8 Å². The monoisotopic (exact) mass is 360 g/mol. The van der Waals surface area contributed by atoms with Crippen LogP contribution in [-0.4, -0.2) is 85.0 Å². The fraction of sp³-hybridized carbons (Fsp3) is 0.750. The van der Waals surface area contributed by atoms with Crippen LogP contribution in [0.2, 0.25) is 0 Å². The maximum Gasteiger partial charge on any atom is 0.193 e. The molecular formula is C20H36N6. The number of likely N-dealkylation sites (tertiary alicyclic amines) is 2. The Morgan fingerprint density at radius 1 is 1.23 bits per heavy atom. The van der Waals surface area contributed by atoms with Crippen LogP contribution in [0.25, 0.3) is 0 Å². The molecule has 1 aromatic heterocycles. The first-order valence-corrected chi connectivity index (χ1v) is 10.1. The average Bonchev–Trinajstić information content (AvgIpc) is 3.18. The number of H-pyrrole nitrogens is 1. The summed E-state index contributed by atoms with van der Waals surface area (Å²) in [5, 5.41) is 3.71. The van der Waals surface area contributed by atoms with Gasteiger partial charge in [-0.15, -0.1) is 0 Å². The van der Waals surface area contributed by atoms with Crippen LogP contribution in [0.15, 0.2) is 23.3 Å². The van der Waals surface area contributed by atoms with Crippen LogP contribution >= 0.6 is 0 Å². The third-order valence-electron chi connectivity index (χ3n) is 6.16. The lowest BCUT2D eigenvalue weighted by Crippen LogP contribution is -2.62. The van der Waals surface area contributed by atoms with Crippen molar-refractivity contribution in [2.45, 2.75) is 44.2 Å². The lowest BCUT2D eigenvalue weighted by Gasteiger charge is -2.50. The van der Waals surface area contributed by atoms with Gasteiger partial charge in [0.25, 0.3) is 0 Å². The number of nitrogens with one attached hydrogen (secondary N) is 2. The molecule has 1 aromatic rings. The molecule has 0 spiro atoms. The molecule has 6 nitrogen and oxygen atoms in total. The van der Waals surface area contributed by atoms with E-state index >= 15 is 0 Å². The fourth-order valence-electron chi connectivity index (χ4n) is 4.43. The Morgan fingerprint density at radius 3 is 2.58 bits per heavy atom. The topological polar surface area (TPSA) is 49.9 Å². The minimum absolute atomic E-state index is 0.274. The van der Waals surface area contributed by atoms with E-state index in [1.165, 1.54) is 64.0 Å². The zero-order valence-electron chi connectivity index (χ0n) is 16.8. The number of hydrogen-bond acceptors (Lipinski definition) is 3. The lowest BCUT2D eigenvalue weighted by atomic mass is 9.84. The van der Waals surface area contributed by atoms with Crippen LogP contribution in [-0.2, 0) is 6.54 Å². The Hall–Kier alpha value is -1.53. The van der Waals surface area contributed by atoms with Gasteiger partial charge < -0.3 is 20.1 Å². The summed E-state index contributed by atoms with van der Waals surface area (Å²) in [6.45, 7) is 6.71. The van der Waals surface area contributed by atoms with Crippen LogP contribution in [0.5, 0.6) is 0 Å². The van der Waals surface area contributed by atoms with Gasteiger partial charge in [-0.2, -0.15) is 0 Å². The van der Waals surface area contributed by atoms with E-state index in [1.54, 1.807) is 0 Å². The molecule has 0 aromatic carbocycles. The highest BCUT2D eigenvalue weighted by Crippen LogP contribution is 2.30. The SMILES string of the molecule is CN=C(NCC1(N2CCCCC2)CCN(C)CC1)N(C)Cc1ccc[nH]1. The summed E-state index contributed by atoms with van der Waals surface area (Å²) in [5.74, 6) is 0.981. The van der Waals surface area contributed by atoms with E-state index in [9.17, 15) is 0 Å². The van der Waals surface area contributed by atoms with Crippen LogP contribution < -0.4 is 5.32 Å². The molecule has 2 saturated heterocycles. The van der Waals surface area contributed by atoms with Gasteiger partial charge in [0.1, 0.15) is 0 Å². The first-order valence-electron chi connectivity index (χ1n) is 10.1. The molecular weight excluding hydrogens is 324 g/mol. The molecule has 2 N–H and O–H groups in total. The molecule has 6 heteroatoms. The molecule has 2 aliphatic heterocycles. The van der Waals surface area contributed by atoms with E-state index in [2.05, 4.69) is 50.2 Å². The summed E-state index contributed by atoms with van der Waals surface area (Å²) >= 11 is 0. The molecule has 26 heavy (non-hydrogen) atoms. The Kier molecular flexibility index (Phi) is 6.59. The molecule has 2 aliphatic rings. The number of aromatic amines is 1. The van der Waals surface area contributed by atoms with E-state index in [0.29, 0.717) is 0 Å². The molecule has 0 unspecified atom stereocenters. The third-order valence-corrected chi connectivity index (χ3v) is 6.16. The number of nitrogens with zero attached hydrogens (tertiary/aromatic N) is 4. The molecule has 0 saturated carbocycles. The molecule has 3 heterocycles. The summed E-state index contributed by atoms with van der Waals surface area (Å²) in [7, 11) is 6.24. The van der Waals surface area contributed by atoms with Crippen LogP contribution in [0.4, 0.5) is 0 Å². The fourth-order valence-corrected chi connectivity index (χ4v) is 4.43. The van der Waals surface area contributed by atoms with Gasteiger partial charge in [-0.3, -0.25) is 9.89 Å². The molecule has 0 radical (unpaired) electrons. The van der Waals surface area contributed by atoms with Gasteiger partial charge in [-0.1, -0.05) is 6.42 Å². The molecule has 0 amide bonds. The second kappa shape index (κ2) is 8.91. The van der Waals surface area contributed by atoms with Gasteiger partial charge >= 0.3 is 0 Å². The van der Waals surface area contributed by atoms with Crippen molar-refractivity contribution in [3.05, 3.63) is 24.0 Å². The van der Waals surface area contributed by atoms with Gasteiger partial charge in [-0.25, -0.2) is 0 Å². The van der Waals surface area contributed by atoms with Crippen molar-refractivity contribution in [1.29, 1.82) is 0 Å². The van der Waals surface area contributed by atoms with Gasteiger partial charge in [0, 0.05) is 38.1 Å². The van der Waals surface area contributed by atoms with Crippen molar-refractivity contribution in [2.75, 3.05) is 53.9 Å². The highest BCUT2D eigenvalue weighted by Gasteiger charge is 2.39. The molecule has 0 bridgehead atoms. The van der Waals surface area contributed by atoms with E-state index in [-0.39, 0.29) is 5.54 Å². The molecule has 0 atom stereocenters. The maximum atomic E-state index is 4.53. The Balaban J connectivity index is 1.64. The van der Waals surface area contributed by atoms with Gasteiger partial charge in [0.15, 0.2) is 5.96 Å². The summed E-state index contributed by atoms with van der Waals surface area (Å²) in [6.07, 6.45) is 8.55. The predicted molar refractivity (Wildman–Crippen MR) is 109 cm³/mol.